The molecular weight excluding hydrogens is 279 g/mol. The molecule has 0 heterocycles. The molecule has 4 heteroatoms. The lowest BCUT2D eigenvalue weighted by atomic mass is 10.1. The predicted octanol–water partition coefficient (Wildman–Crippen LogP) is 4.46. The van der Waals surface area contributed by atoms with Crippen LogP contribution < -0.4 is 9.47 Å². The highest BCUT2D eigenvalue weighted by molar-refractivity contribution is 6.17. The Labute approximate surface area is 123 Å². The molecule has 0 aromatic heterocycles. The normalized spacial score (nSPS) is 10.4. The molecule has 0 aliphatic heterocycles. The van der Waals surface area contributed by atoms with Crippen LogP contribution in [-0.2, 0) is 12.5 Å². The van der Waals surface area contributed by atoms with Crippen molar-refractivity contribution in [1.82, 2.24) is 0 Å². The molecule has 2 rings (SSSR count). The van der Waals surface area contributed by atoms with Gasteiger partial charge in [0, 0.05) is 11.6 Å². The van der Waals surface area contributed by atoms with Gasteiger partial charge in [0.15, 0.2) is 0 Å². The highest BCUT2D eigenvalue weighted by Crippen LogP contribution is 2.27. The molecule has 2 aromatic rings. The first kappa shape index (κ1) is 14.7. The third kappa shape index (κ3) is 3.42. The zero-order valence-corrected chi connectivity index (χ0v) is 12.2. The molecule has 0 fully saturated rings. The fourth-order valence-electron chi connectivity index (χ4n) is 1.88. The average Bonchev–Trinajstić information content (AvgIpc) is 2.46. The molecule has 0 atom stereocenters. The molecule has 20 heavy (non-hydrogen) atoms. The van der Waals surface area contributed by atoms with Crippen LogP contribution in [0.15, 0.2) is 36.4 Å². The minimum absolute atomic E-state index is 0.242. The monoisotopic (exact) mass is 294 g/mol. The van der Waals surface area contributed by atoms with Crippen molar-refractivity contribution in [3.8, 4) is 11.5 Å². The summed E-state index contributed by atoms with van der Waals surface area (Å²) in [6.45, 7) is 2.22. The largest absolute Gasteiger partial charge is 0.497 e. The maximum absolute atomic E-state index is 13.1. The predicted molar refractivity (Wildman–Crippen MR) is 78.0 cm³/mol. The first-order chi connectivity index (χ1) is 9.63. The molecule has 0 radical (unpaired) electrons. The minimum atomic E-state index is -0.242. The number of benzene rings is 2. The van der Waals surface area contributed by atoms with Gasteiger partial charge in [-0.25, -0.2) is 4.39 Å². The average molecular weight is 295 g/mol. The number of halogens is 2. The third-order valence-electron chi connectivity index (χ3n) is 3.11. The number of hydrogen-bond donors (Lipinski definition) is 0. The van der Waals surface area contributed by atoms with Crippen LogP contribution in [0.25, 0.3) is 0 Å². The lowest BCUT2D eigenvalue weighted by Crippen LogP contribution is -2.00. The fourth-order valence-corrected chi connectivity index (χ4v) is 2.10. The van der Waals surface area contributed by atoms with E-state index in [4.69, 9.17) is 21.1 Å². The molecule has 0 spiro atoms. The summed E-state index contributed by atoms with van der Waals surface area (Å²) in [6, 6.07) is 10.2. The minimum Gasteiger partial charge on any atom is -0.497 e. The van der Waals surface area contributed by atoms with Crippen LogP contribution in [0.2, 0.25) is 0 Å². The zero-order chi connectivity index (χ0) is 14.5. The Morgan fingerprint density at radius 2 is 1.85 bits per heavy atom. The Bertz CT molecular complexity index is 599. The van der Waals surface area contributed by atoms with E-state index in [1.165, 1.54) is 12.1 Å². The molecule has 2 aromatic carbocycles. The summed E-state index contributed by atoms with van der Waals surface area (Å²) >= 11 is 5.89. The van der Waals surface area contributed by atoms with Crippen molar-refractivity contribution in [3.63, 3.8) is 0 Å². The number of hydrogen-bond acceptors (Lipinski definition) is 2. The van der Waals surface area contributed by atoms with Crippen molar-refractivity contribution in [1.29, 1.82) is 0 Å². The second kappa shape index (κ2) is 6.62. The number of ether oxygens (including phenoxy) is 2. The van der Waals surface area contributed by atoms with Crippen LogP contribution in [0, 0.1) is 12.7 Å². The summed E-state index contributed by atoms with van der Waals surface area (Å²) in [4.78, 5) is 0. The summed E-state index contributed by atoms with van der Waals surface area (Å²) in [5.41, 5.74) is 2.70. The third-order valence-corrected chi connectivity index (χ3v) is 3.39. The SMILES string of the molecule is COc1ccc(CCl)c(OCc2ccc(F)cc2C)c1. The highest BCUT2D eigenvalue weighted by atomic mass is 35.5. The van der Waals surface area contributed by atoms with Crippen LogP contribution in [0.1, 0.15) is 16.7 Å². The first-order valence-corrected chi connectivity index (χ1v) is 6.78. The smallest absolute Gasteiger partial charge is 0.127 e. The Hall–Kier alpha value is -1.74. The summed E-state index contributed by atoms with van der Waals surface area (Å²) in [5, 5.41) is 0. The highest BCUT2D eigenvalue weighted by Gasteiger charge is 2.07. The number of aryl methyl sites for hydroxylation is 1. The second-order valence-electron chi connectivity index (χ2n) is 4.47. The van der Waals surface area contributed by atoms with Gasteiger partial charge in [0.1, 0.15) is 23.9 Å². The first-order valence-electron chi connectivity index (χ1n) is 6.24. The second-order valence-corrected chi connectivity index (χ2v) is 4.73. The van der Waals surface area contributed by atoms with Gasteiger partial charge in [-0.3, -0.25) is 0 Å². The topological polar surface area (TPSA) is 18.5 Å². The van der Waals surface area contributed by atoms with Crippen LogP contribution >= 0.6 is 11.6 Å². The Morgan fingerprint density at radius 1 is 1.10 bits per heavy atom. The Balaban J connectivity index is 2.17. The molecule has 0 saturated carbocycles. The standard InChI is InChI=1S/C16H16ClFO2/c1-11-7-14(18)5-3-13(11)10-20-16-8-15(19-2)6-4-12(16)9-17/h3-8H,9-10H2,1-2H3. The molecule has 0 amide bonds. The van der Waals surface area contributed by atoms with Gasteiger partial charge in [-0.2, -0.15) is 0 Å². The summed E-state index contributed by atoms with van der Waals surface area (Å²) in [7, 11) is 1.60. The van der Waals surface area contributed by atoms with E-state index in [9.17, 15) is 4.39 Å². The van der Waals surface area contributed by atoms with Gasteiger partial charge in [0.2, 0.25) is 0 Å². The van der Waals surface area contributed by atoms with E-state index < -0.39 is 0 Å². The van der Waals surface area contributed by atoms with Gasteiger partial charge in [-0.05, 0) is 36.2 Å². The van der Waals surface area contributed by atoms with E-state index in [2.05, 4.69) is 0 Å². The van der Waals surface area contributed by atoms with Crippen molar-refractivity contribution in [3.05, 3.63) is 58.9 Å². The van der Waals surface area contributed by atoms with Crippen molar-refractivity contribution in [2.24, 2.45) is 0 Å². The van der Waals surface area contributed by atoms with E-state index in [1.54, 1.807) is 19.2 Å². The van der Waals surface area contributed by atoms with Gasteiger partial charge in [-0.15, -0.1) is 11.6 Å². The van der Waals surface area contributed by atoms with Gasteiger partial charge >= 0.3 is 0 Å². The molecule has 0 aliphatic carbocycles. The fraction of sp³-hybridized carbons (Fsp3) is 0.250. The molecule has 2 nitrogen and oxygen atoms in total. The van der Waals surface area contributed by atoms with Crippen LogP contribution in [0.5, 0.6) is 11.5 Å². The quantitative estimate of drug-likeness (QED) is 0.758. The Kier molecular flexibility index (Phi) is 4.85. The van der Waals surface area contributed by atoms with E-state index >= 15 is 0 Å². The molecule has 0 unspecified atom stereocenters. The Morgan fingerprint density at radius 3 is 2.50 bits per heavy atom. The summed E-state index contributed by atoms with van der Waals surface area (Å²) in [5.74, 6) is 1.52. The van der Waals surface area contributed by atoms with Crippen molar-refractivity contribution < 1.29 is 13.9 Å². The van der Waals surface area contributed by atoms with E-state index in [1.807, 2.05) is 19.1 Å². The lowest BCUT2D eigenvalue weighted by Gasteiger charge is -2.13. The summed E-state index contributed by atoms with van der Waals surface area (Å²) < 4.78 is 24.0. The molecule has 0 saturated heterocycles. The molecular formula is C16H16ClFO2. The van der Waals surface area contributed by atoms with Crippen molar-refractivity contribution in [2.45, 2.75) is 19.4 Å². The van der Waals surface area contributed by atoms with Gasteiger partial charge in [-0.1, -0.05) is 12.1 Å². The number of methoxy groups -OCH3 is 1. The van der Waals surface area contributed by atoms with Gasteiger partial charge < -0.3 is 9.47 Å². The maximum Gasteiger partial charge on any atom is 0.127 e. The maximum atomic E-state index is 13.1. The van der Waals surface area contributed by atoms with Gasteiger partial charge in [0.25, 0.3) is 0 Å². The van der Waals surface area contributed by atoms with E-state index in [0.717, 1.165) is 16.7 Å². The van der Waals surface area contributed by atoms with E-state index in [-0.39, 0.29) is 5.82 Å². The molecule has 0 bridgehead atoms. The van der Waals surface area contributed by atoms with Gasteiger partial charge in [0.05, 0.1) is 13.0 Å². The zero-order valence-electron chi connectivity index (χ0n) is 11.5. The lowest BCUT2D eigenvalue weighted by molar-refractivity contribution is 0.300. The van der Waals surface area contributed by atoms with Crippen molar-refractivity contribution >= 4 is 11.6 Å². The number of rotatable bonds is 5. The molecule has 0 N–H and O–H groups in total. The number of alkyl halides is 1. The molecule has 106 valence electrons. The van der Waals surface area contributed by atoms with Crippen LogP contribution in [-0.4, -0.2) is 7.11 Å². The van der Waals surface area contributed by atoms with E-state index in [0.29, 0.717) is 24.0 Å². The van der Waals surface area contributed by atoms with Crippen molar-refractivity contribution in [2.75, 3.05) is 7.11 Å². The van der Waals surface area contributed by atoms with Crippen LogP contribution in [0.4, 0.5) is 4.39 Å². The molecule has 0 aliphatic rings. The van der Waals surface area contributed by atoms with Crippen LogP contribution in [0.3, 0.4) is 0 Å². The summed E-state index contributed by atoms with van der Waals surface area (Å²) in [6.07, 6.45) is 0.